The highest BCUT2D eigenvalue weighted by atomic mass is 32.2. The predicted molar refractivity (Wildman–Crippen MR) is 163 cm³/mol. The standard InChI is InChI=1S/C32H41N3O5S/c1-32(2,3)33-31(37)28(23-25-15-8-6-9-16-25)34(24-26-17-10-7-11-18-26)30(36)21-14-22-35(41(5,38)39)27-19-12-13-20-29(27)40-4/h6-13,15-20,28H,14,21-24H2,1-5H3,(H,33,37)/t28-/m0/s1. The van der Waals surface area contributed by atoms with Gasteiger partial charge in [-0.25, -0.2) is 8.42 Å². The molecule has 9 heteroatoms. The molecule has 0 aliphatic carbocycles. The number of nitrogens with one attached hydrogen (secondary N) is 1. The van der Waals surface area contributed by atoms with E-state index in [1.807, 2.05) is 81.4 Å². The molecule has 0 fully saturated rings. The highest BCUT2D eigenvalue weighted by molar-refractivity contribution is 7.92. The molecule has 1 N–H and O–H groups in total. The number of nitrogens with zero attached hydrogens (tertiary/aromatic N) is 2. The average molecular weight is 580 g/mol. The number of ether oxygens (including phenoxy) is 1. The molecule has 0 spiro atoms. The van der Waals surface area contributed by atoms with Gasteiger partial charge in [-0.05, 0) is 50.5 Å². The van der Waals surface area contributed by atoms with Gasteiger partial charge < -0.3 is 15.0 Å². The van der Waals surface area contributed by atoms with Crippen molar-refractivity contribution in [1.82, 2.24) is 10.2 Å². The van der Waals surface area contributed by atoms with Gasteiger partial charge in [-0.3, -0.25) is 13.9 Å². The van der Waals surface area contributed by atoms with Crippen LogP contribution in [0.25, 0.3) is 0 Å². The Balaban J connectivity index is 1.89. The van der Waals surface area contributed by atoms with Crippen molar-refractivity contribution in [1.29, 1.82) is 0 Å². The van der Waals surface area contributed by atoms with E-state index < -0.39 is 21.6 Å². The molecule has 2 amide bonds. The van der Waals surface area contributed by atoms with Crippen molar-refractivity contribution in [3.63, 3.8) is 0 Å². The van der Waals surface area contributed by atoms with Crippen molar-refractivity contribution >= 4 is 27.5 Å². The topological polar surface area (TPSA) is 96.0 Å². The summed E-state index contributed by atoms with van der Waals surface area (Å²) >= 11 is 0. The van der Waals surface area contributed by atoms with Crippen LogP contribution in [-0.4, -0.2) is 56.6 Å². The summed E-state index contributed by atoms with van der Waals surface area (Å²) in [5.41, 5.74) is 1.76. The third-order valence-corrected chi connectivity index (χ3v) is 7.65. The summed E-state index contributed by atoms with van der Waals surface area (Å²) in [5.74, 6) is -0.0403. The van der Waals surface area contributed by atoms with Gasteiger partial charge in [-0.1, -0.05) is 72.8 Å². The first-order valence-corrected chi connectivity index (χ1v) is 15.5. The van der Waals surface area contributed by atoms with Gasteiger partial charge in [-0.2, -0.15) is 0 Å². The monoisotopic (exact) mass is 579 g/mol. The molecule has 0 unspecified atom stereocenters. The van der Waals surface area contributed by atoms with Gasteiger partial charge in [0, 0.05) is 31.5 Å². The van der Waals surface area contributed by atoms with Crippen LogP contribution in [0.3, 0.4) is 0 Å². The van der Waals surface area contributed by atoms with Crippen LogP contribution in [-0.2, 0) is 32.6 Å². The number of carbonyl (C=O) groups excluding carboxylic acids is 2. The van der Waals surface area contributed by atoms with Gasteiger partial charge >= 0.3 is 0 Å². The first-order chi connectivity index (χ1) is 19.4. The highest BCUT2D eigenvalue weighted by Gasteiger charge is 2.32. The number of amides is 2. The molecule has 0 aliphatic rings. The summed E-state index contributed by atoms with van der Waals surface area (Å²) < 4.78 is 32.1. The van der Waals surface area contributed by atoms with Crippen LogP contribution < -0.4 is 14.4 Å². The van der Waals surface area contributed by atoms with Crippen molar-refractivity contribution in [2.75, 3.05) is 24.2 Å². The normalized spacial score (nSPS) is 12.3. The molecule has 0 bridgehead atoms. The summed E-state index contributed by atoms with van der Waals surface area (Å²) in [4.78, 5) is 29.2. The quantitative estimate of drug-likeness (QED) is 0.314. The fourth-order valence-corrected chi connectivity index (χ4v) is 5.57. The summed E-state index contributed by atoms with van der Waals surface area (Å²) in [7, 11) is -2.16. The largest absolute Gasteiger partial charge is 0.495 e. The Morgan fingerprint density at radius 2 is 1.44 bits per heavy atom. The molecular formula is C32H41N3O5S. The maximum absolute atomic E-state index is 13.9. The van der Waals surface area contributed by atoms with Crippen molar-refractivity contribution in [3.8, 4) is 5.75 Å². The second-order valence-electron chi connectivity index (χ2n) is 11.1. The number of anilines is 1. The SMILES string of the molecule is COc1ccccc1N(CCCC(=O)N(Cc1ccccc1)[C@@H](Cc1ccccc1)C(=O)NC(C)(C)C)S(C)(=O)=O. The van der Waals surface area contributed by atoms with E-state index in [0.717, 1.165) is 17.4 Å². The molecule has 3 aromatic rings. The van der Waals surface area contributed by atoms with Gasteiger partial charge in [0.1, 0.15) is 11.8 Å². The van der Waals surface area contributed by atoms with Gasteiger partial charge in [-0.15, -0.1) is 0 Å². The molecule has 0 saturated carbocycles. The second kappa shape index (κ2) is 14.2. The minimum absolute atomic E-state index is 0.0576. The molecule has 3 aromatic carbocycles. The maximum atomic E-state index is 13.9. The minimum atomic E-state index is -3.64. The number of sulfonamides is 1. The molecule has 0 radical (unpaired) electrons. The molecule has 0 heterocycles. The number of methoxy groups -OCH3 is 1. The Labute approximate surface area is 244 Å². The molecule has 0 saturated heterocycles. The minimum Gasteiger partial charge on any atom is -0.495 e. The summed E-state index contributed by atoms with van der Waals surface area (Å²) in [6, 6.07) is 25.3. The number of hydrogen-bond donors (Lipinski definition) is 1. The molecule has 41 heavy (non-hydrogen) atoms. The van der Waals surface area contributed by atoms with E-state index in [4.69, 9.17) is 4.74 Å². The van der Waals surface area contributed by atoms with E-state index >= 15 is 0 Å². The van der Waals surface area contributed by atoms with E-state index in [1.165, 1.54) is 11.4 Å². The van der Waals surface area contributed by atoms with Crippen molar-refractivity contribution in [3.05, 3.63) is 96.1 Å². The smallest absolute Gasteiger partial charge is 0.243 e. The number of carbonyl (C=O) groups is 2. The summed E-state index contributed by atoms with van der Waals surface area (Å²) in [6.07, 6.45) is 1.80. The van der Waals surface area contributed by atoms with E-state index in [2.05, 4.69) is 5.32 Å². The number of para-hydroxylation sites is 2. The highest BCUT2D eigenvalue weighted by Crippen LogP contribution is 2.30. The fourth-order valence-electron chi connectivity index (χ4n) is 4.61. The second-order valence-corrected chi connectivity index (χ2v) is 13.0. The Kier molecular flexibility index (Phi) is 10.9. The predicted octanol–water partition coefficient (Wildman–Crippen LogP) is 4.80. The number of rotatable bonds is 13. The molecule has 8 nitrogen and oxygen atoms in total. The lowest BCUT2D eigenvalue weighted by molar-refractivity contribution is -0.142. The van der Waals surface area contributed by atoms with E-state index in [0.29, 0.717) is 17.9 Å². The lowest BCUT2D eigenvalue weighted by Gasteiger charge is -2.34. The first-order valence-electron chi connectivity index (χ1n) is 13.7. The van der Waals surface area contributed by atoms with Crippen LogP contribution in [0, 0.1) is 0 Å². The third-order valence-electron chi connectivity index (χ3n) is 6.47. The Morgan fingerprint density at radius 3 is 2.00 bits per heavy atom. The maximum Gasteiger partial charge on any atom is 0.243 e. The van der Waals surface area contributed by atoms with Crippen LogP contribution in [0.4, 0.5) is 5.69 Å². The van der Waals surface area contributed by atoms with Crippen LogP contribution >= 0.6 is 0 Å². The lowest BCUT2D eigenvalue weighted by atomic mass is 10.00. The average Bonchev–Trinajstić information content (AvgIpc) is 2.92. The molecule has 0 aliphatic heterocycles. The Bertz CT molecular complexity index is 1390. The van der Waals surface area contributed by atoms with Gasteiger partial charge in [0.25, 0.3) is 0 Å². The Morgan fingerprint density at radius 1 is 0.878 bits per heavy atom. The number of hydrogen-bond acceptors (Lipinski definition) is 5. The zero-order chi connectivity index (χ0) is 30.0. The van der Waals surface area contributed by atoms with Crippen LogP contribution in [0.15, 0.2) is 84.9 Å². The molecule has 1 atom stereocenters. The van der Waals surface area contributed by atoms with E-state index in [-0.39, 0.29) is 37.7 Å². The third kappa shape index (κ3) is 9.63. The fraction of sp³-hybridized carbons (Fsp3) is 0.375. The summed E-state index contributed by atoms with van der Waals surface area (Å²) in [5, 5.41) is 3.05. The zero-order valence-electron chi connectivity index (χ0n) is 24.5. The molecule has 3 rings (SSSR count). The molecule has 220 valence electrons. The summed E-state index contributed by atoms with van der Waals surface area (Å²) in [6.45, 7) is 6.06. The van der Waals surface area contributed by atoms with Crippen molar-refractivity contribution < 1.29 is 22.7 Å². The van der Waals surface area contributed by atoms with E-state index in [1.54, 1.807) is 29.2 Å². The van der Waals surface area contributed by atoms with Crippen LogP contribution in [0.2, 0.25) is 0 Å². The van der Waals surface area contributed by atoms with Crippen LogP contribution in [0.5, 0.6) is 5.75 Å². The molecule has 0 aromatic heterocycles. The molecular weight excluding hydrogens is 538 g/mol. The van der Waals surface area contributed by atoms with Gasteiger partial charge in [0.2, 0.25) is 21.8 Å². The van der Waals surface area contributed by atoms with Gasteiger partial charge in [0.15, 0.2) is 0 Å². The van der Waals surface area contributed by atoms with E-state index in [9.17, 15) is 18.0 Å². The number of benzene rings is 3. The Hall–Kier alpha value is -3.85. The zero-order valence-corrected chi connectivity index (χ0v) is 25.4. The lowest BCUT2D eigenvalue weighted by Crippen LogP contribution is -2.54. The van der Waals surface area contributed by atoms with Gasteiger partial charge in [0.05, 0.1) is 19.1 Å². The van der Waals surface area contributed by atoms with Crippen LogP contribution in [0.1, 0.15) is 44.7 Å². The van der Waals surface area contributed by atoms with Crippen molar-refractivity contribution in [2.24, 2.45) is 0 Å². The first kappa shape index (κ1) is 31.7. The van der Waals surface area contributed by atoms with Crippen molar-refractivity contribution in [2.45, 2.75) is 58.2 Å².